The minimum Gasteiger partial charge on any atom is -0.332 e. The van der Waals surface area contributed by atoms with Crippen LogP contribution in [-0.2, 0) is 9.59 Å². The summed E-state index contributed by atoms with van der Waals surface area (Å²) < 4.78 is 13.3. The van der Waals surface area contributed by atoms with Crippen LogP contribution in [0, 0.1) is 19.7 Å². The summed E-state index contributed by atoms with van der Waals surface area (Å²) in [7, 11) is 0. The maximum Gasteiger partial charge on any atom is 0.253 e. The van der Waals surface area contributed by atoms with Crippen LogP contribution in [0.3, 0.4) is 0 Å². The van der Waals surface area contributed by atoms with Gasteiger partial charge in [-0.2, -0.15) is 0 Å². The quantitative estimate of drug-likeness (QED) is 0.673. The van der Waals surface area contributed by atoms with Gasteiger partial charge in [-0.15, -0.1) is 0 Å². The van der Waals surface area contributed by atoms with Crippen molar-refractivity contribution in [1.82, 2.24) is 15.3 Å². The van der Waals surface area contributed by atoms with E-state index in [4.69, 9.17) is 0 Å². The number of benzene rings is 2. The second-order valence-corrected chi connectivity index (χ2v) is 7.50. The molecule has 7 heteroatoms. The third kappa shape index (κ3) is 4.50. The van der Waals surface area contributed by atoms with Crippen LogP contribution in [0.25, 0.3) is 11.3 Å². The van der Waals surface area contributed by atoms with Gasteiger partial charge in [0.2, 0.25) is 5.91 Å². The van der Waals surface area contributed by atoms with Crippen molar-refractivity contribution in [3.63, 3.8) is 0 Å². The van der Waals surface area contributed by atoms with Gasteiger partial charge in [-0.25, -0.2) is 4.39 Å². The Hall–Kier alpha value is -3.87. The summed E-state index contributed by atoms with van der Waals surface area (Å²) in [5, 5.41) is 5.56. The molecule has 0 fully saturated rings. The maximum atomic E-state index is 13.3. The van der Waals surface area contributed by atoms with Gasteiger partial charge in [-0.1, -0.05) is 24.3 Å². The molecule has 0 aliphatic carbocycles. The van der Waals surface area contributed by atoms with Crippen molar-refractivity contribution in [2.45, 2.75) is 26.2 Å². The van der Waals surface area contributed by atoms with Gasteiger partial charge in [0.25, 0.3) is 5.91 Å². The van der Waals surface area contributed by atoms with Gasteiger partial charge in [-0.3, -0.25) is 19.6 Å². The highest BCUT2D eigenvalue weighted by Gasteiger charge is 2.29. The molecule has 0 saturated heterocycles. The summed E-state index contributed by atoms with van der Waals surface area (Å²) in [6.07, 6.45) is 4.92. The Bertz CT molecular complexity index is 1170. The first-order valence-electron chi connectivity index (χ1n) is 9.86. The molecule has 2 aromatic carbocycles. The second-order valence-electron chi connectivity index (χ2n) is 7.50. The molecule has 156 valence electrons. The molecule has 31 heavy (non-hydrogen) atoms. The Morgan fingerprint density at radius 1 is 1.10 bits per heavy atom. The Morgan fingerprint density at radius 3 is 2.58 bits per heavy atom. The standard InChI is InChI=1S/C24H21FN4O2/c1-14-3-4-17(22-13-26-15(2)11-27-22)9-21(14)29-24(31)20-12-28-23(30)10-19(20)16-5-7-18(25)8-6-16/h3-9,11-13,19H,10H2,1-2H3,(H,28,30)(H,29,31)/t19-/m0/s1. The van der Waals surface area contributed by atoms with Crippen molar-refractivity contribution in [1.29, 1.82) is 0 Å². The third-order valence-corrected chi connectivity index (χ3v) is 5.25. The second kappa shape index (κ2) is 8.47. The first-order valence-corrected chi connectivity index (χ1v) is 9.86. The van der Waals surface area contributed by atoms with Crippen LogP contribution >= 0.6 is 0 Å². The van der Waals surface area contributed by atoms with E-state index in [2.05, 4.69) is 20.6 Å². The Balaban J connectivity index is 1.62. The molecule has 0 bridgehead atoms. The van der Waals surface area contributed by atoms with Gasteiger partial charge < -0.3 is 10.6 Å². The molecule has 0 unspecified atom stereocenters. The molecule has 0 spiro atoms. The fourth-order valence-corrected chi connectivity index (χ4v) is 3.48. The summed E-state index contributed by atoms with van der Waals surface area (Å²) >= 11 is 0. The Kier molecular flexibility index (Phi) is 5.58. The molecule has 0 radical (unpaired) electrons. The van der Waals surface area contributed by atoms with Crippen molar-refractivity contribution in [3.8, 4) is 11.3 Å². The van der Waals surface area contributed by atoms with E-state index >= 15 is 0 Å². The van der Waals surface area contributed by atoms with E-state index in [0.29, 0.717) is 22.5 Å². The van der Waals surface area contributed by atoms with Crippen LogP contribution in [0.1, 0.15) is 29.2 Å². The van der Waals surface area contributed by atoms with E-state index in [1.165, 1.54) is 18.3 Å². The first-order chi connectivity index (χ1) is 14.9. The Morgan fingerprint density at radius 2 is 1.87 bits per heavy atom. The topological polar surface area (TPSA) is 84.0 Å². The van der Waals surface area contributed by atoms with E-state index < -0.39 is 5.92 Å². The molecule has 1 aliphatic rings. The van der Waals surface area contributed by atoms with Crippen LogP contribution in [-0.4, -0.2) is 21.8 Å². The molecular weight excluding hydrogens is 395 g/mol. The molecule has 2 N–H and O–H groups in total. The fourth-order valence-electron chi connectivity index (χ4n) is 3.48. The summed E-state index contributed by atoms with van der Waals surface area (Å²) in [6, 6.07) is 11.5. The highest BCUT2D eigenvalue weighted by Crippen LogP contribution is 2.32. The maximum absolute atomic E-state index is 13.3. The number of nitrogens with one attached hydrogen (secondary N) is 2. The summed E-state index contributed by atoms with van der Waals surface area (Å²) in [5.74, 6) is -1.35. The molecular formula is C24H21FN4O2. The van der Waals surface area contributed by atoms with E-state index in [-0.39, 0.29) is 24.1 Å². The van der Waals surface area contributed by atoms with Crippen molar-refractivity contribution >= 4 is 17.5 Å². The molecule has 4 rings (SSSR count). The summed E-state index contributed by atoms with van der Waals surface area (Å²) in [5.41, 5.74) is 4.99. The summed E-state index contributed by atoms with van der Waals surface area (Å²) in [6.45, 7) is 3.76. The van der Waals surface area contributed by atoms with Gasteiger partial charge in [0.15, 0.2) is 0 Å². The monoisotopic (exact) mass is 416 g/mol. The number of hydrogen-bond donors (Lipinski definition) is 2. The molecule has 2 amide bonds. The first kappa shape index (κ1) is 20.4. The summed E-state index contributed by atoms with van der Waals surface area (Å²) in [4.78, 5) is 33.7. The zero-order valence-electron chi connectivity index (χ0n) is 17.1. The van der Waals surface area contributed by atoms with Crippen LogP contribution < -0.4 is 10.6 Å². The molecule has 0 saturated carbocycles. The van der Waals surface area contributed by atoms with Crippen LogP contribution in [0.2, 0.25) is 0 Å². The minimum absolute atomic E-state index is 0.114. The van der Waals surface area contributed by atoms with Crippen LogP contribution in [0.15, 0.2) is 66.6 Å². The number of hydrogen-bond acceptors (Lipinski definition) is 4. The van der Waals surface area contributed by atoms with E-state index in [1.54, 1.807) is 24.5 Å². The number of anilines is 1. The van der Waals surface area contributed by atoms with Gasteiger partial charge in [-0.05, 0) is 43.2 Å². The van der Waals surface area contributed by atoms with Crippen molar-refractivity contribution in [2.75, 3.05) is 5.32 Å². The average Bonchev–Trinajstić information content (AvgIpc) is 2.76. The molecule has 3 aromatic rings. The lowest BCUT2D eigenvalue weighted by Crippen LogP contribution is -2.32. The normalized spacial score (nSPS) is 15.8. The van der Waals surface area contributed by atoms with E-state index in [9.17, 15) is 14.0 Å². The van der Waals surface area contributed by atoms with Gasteiger partial charge >= 0.3 is 0 Å². The number of carbonyl (C=O) groups is 2. The lowest BCUT2D eigenvalue weighted by Gasteiger charge is -2.24. The molecule has 6 nitrogen and oxygen atoms in total. The average molecular weight is 416 g/mol. The van der Waals surface area contributed by atoms with Crippen LogP contribution in [0.5, 0.6) is 0 Å². The number of nitrogens with zero attached hydrogens (tertiary/aromatic N) is 2. The Labute approximate surface area is 179 Å². The van der Waals surface area contributed by atoms with E-state index in [0.717, 1.165) is 16.8 Å². The minimum atomic E-state index is -0.458. The zero-order valence-corrected chi connectivity index (χ0v) is 17.1. The number of rotatable bonds is 4. The van der Waals surface area contributed by atoms with Gasteiger partial charge in [0.1, 0.15) is 5.82 Å². The molecule has 1 atom stereocenters. The SMILES string of the molecule is Cc1cnc(-c2ccc(C)c(NC(=O)C3=CNC(=O)C[C@H]3c3ccc(F)cc3)c2)cn1. The van der Waals surface area contributed by atoms with Crippen molar-refractivity contribution < 1.29 is 14.0 Å². The zero-order chi connectivity index (χ0) is 22.0. The van der Waals surface area contributed by atoms with Crippen molar-refractivity contribution in [3.05, 3.63) is 89.3 Å². The van der Waals surface area contributed by atoms with Gasteiger partial charge in [0, 0.05) is 41.6 Å². The van der Waals surface area contributed by atoms with Gasteiger partial charge in [0.05, 0.1) is 17.6 Å². The highest BCUT2D eigenvalue weighted by molar-refractivity contribution is 6.07. The number of halogens is 1. The lowest BCUT2D eigenvalue weighted by molar-refractivity contribution is -0.121. The fraction of sp³-hybridized carbons (Fsp3) is 0.167. The van der Waals surface area contributed by atoms with Crippen LogP contribution in [0.4, 0.5) is 10.1 Å². The smallest absolute Gasteiger partial charge is 0.253 e. The molecule has 1 aromatic heterocycles. The van der Waals surface area contributed by atoms with E-state index in [1.807, 2.05) is 32.0 Å². The largest absolute Gasteiger partial charge is 0.332 e. The number of aromatic nitrogens is 2. The van der Waals surface area contributed by atoms with Crippen molar-refractivity contribution in [2.24, 2.45) is 0 Å². The molecule has 1 aliphatic heterocycles. The number of carbonyl (C=O) groups excluding carboxylic acids is 2. The predicted molar refractivity (Wildman–Crippen MR) is 116 cm³/mol. The molecule has 2 heterocycles. The number of aryl methyl sites for hydroxylation is 2. The lowest BCUT2D eigenvalue weighted by atomic mass is 9.86. The third-order valence-electron chi connectivity index (χ3n) is 5.25. The highest BCUT2D eigenvalue weighted by atomic mass is 19.1. The number of amides is 2. The predicted octanol–water partition coefficient (Wildman–Crippen LogP) is 4.03.